The maximum absolute atomic E-state index is 11.7. The van der Waals surface area contributed by atoms with Crippen molar-refractivity contribution in [2.45, 2.75) is 6.42 Å². The Hall–Kier alpha value is -1.36. The molecule has 1 aromatic carbocycles. The molecular weight excluding hydrogens is 238 g/mol. The normalized spacial score (nSPS) is 15.8. The molecule has 4 nitrogen and oxygen atoms in total. The highest BCUT2D eigenvalue weighted by Gasteiger charge is 2.22. The monoisotopic (exact) mass is 253 g/mol. The van der Waals surface area contributed by atoms with Gasteiger partial charge in [-0.05, 0) is 12.1 Å². The van der Waals surface area contributed by atoms with Crippen LogP contribution in [-0.2, 0) is 9.84 Å². The van der Waals surface area contributed by atoms with Crippen LogP contribution in [0.25, 0.3) is 0 Å². The van der Waals surface area contributed by atoms with Gasteiger partial charge in [-0.3, -0.25) is 4.79 Å². The van der Waals surface area contributed by atoms with Gasteiger partial charge >= 0.3 is 0 Å². The zero-order valence-corrected chi connectivity index (χ0v) is 10.5. The summed E-state index contributed by atoms with van der Waals surface area (Å²) in [6.45, 7) is 1.05. The molecule has 2 rings (SSSR count). The lowest BCUT2D eigenvalue weighted by atomic mass is 10.0. The lowest BCUT2D eigenvalue weighted by Crippen LogP contribution is -2.35. The predicted molar refractivity (Wildman–Crippen MR) is 67.3 cm³/mol. The van der Waals surface area contributed by atoms with Crippen LogP contribution in [-0.4, -0.2) is 39.3 Å². The lowest BCUT2D eigenvalue weighted by molar-refractivity contribution is 0.0980. The van der Waals surface area contributed by atoms with Crippen LogP contribution in [0, 0.1) is 0 Å². The number of para-hydroxylation sites is 1. The fourth-order valence-corrected chi connectivity index (χ4v) is 2.54. The van der Waals surface area contributed by atoms with Crippen molar-refractivity contribution in [3.8, 4) is 0 Å². The molecule has 0 N–H and O–H groups in total. The fraction of sp³-hybridized carbons (Fsp3) is 0.417. The molecule has 1 aromatic rings. The van der Waals surface area contributed by atoms with Gasteiger partial charge in [-0.25, -0.2) is 8.42 Å². The molecule has 0 atom stereocenters. The second-order valence-electron chi connectivity index (χ2n) is 4.31. The zero-order valence-electron chi connectivity index (χ0n) is 9.72. The standard InChI is InChI=1S/C12H15NO3S/c1-17(15,16)9-8-13-7-6-12(14)10-4-2-3-5-11(10)13/h2-5H,6-9H2,1H3. The van der Waals surface area contributed by atoms with Gasteiger partial charge in [0.25, 0.3) is 0 Å². The topological polar surface area (TPSA) is 54.5 Å². The summed E-state index contributed by atoms with van der Waals surface area (Å²) >= 11 is 0. The van der Waals surface area contributed by atoms with Gasteiger partial charge in [-0.15, -0.1) is 0 Å². The first-order valence-corrected chi connectivity index (χ1v) is 7.58. The second kappa shape index (κ2) is 4.49. The number of carbonyl (C=O) groups excluding carboxylic acids is 1. The van der Waals surface area contributed by atoms with Crippen LogP contribution in [0.4, 0.5) is 5.69 Å². The molecule has 0 unspecified atom stereocenters. The van der Waals surface area contributed by atoms with Crippen LogP contribution in [0.3, 0.4) is 0 Å². The van der Waals surface area contributed by atoms with Crippen LogP contribution in [0.2, 0.25) is 0 Å². The number of anilines is 1. The van der Waals surface area contributed by atoms with Crippen molar-refractivity contribution in [1.29, 1.82) is 0 Å². The average Bonchev–Trinajstić information content (AvgIpc) is 2.27. The Balaban J connectivity index is 2.22. The van der Waals surface area contributed by atoms with Crippen molar-refractivity contribution in [1.82, 2.24) is 0 Å². The largest absolute Gasteiger partial charge is 0.369 e. The summed E-state index contributed by atoms with van der Waals surface area (Å²) in [6, 6.07) is 7.36. The fourth-order valence-electron chi connectivity index (χ4n) is 1.99. The number of Topliss-reactive ketones (excluding diaryl/α,β-unsaturated/α-hetero) is 1. The first kappa shape index (κ1) is 12.1. The highest BCUT2D eigenvalue weighted by molar-refractivity contribution is 7.90. The number of rotatable bonds is 3. The first-order valence-electron chi connectivity index (χ1n) is 5.52. The van der Waals surface area contributed by atoms with Crippen LogP contribution in [0.5, 0.6) is 0 Å². The van der Waals surface area contributed by atoms with Gasteiger partial charge in [-0.1, -0.05) is 12.1 Å². The number of hydrogen-bond donors (Lipinski definition) is 0. The lowest BCUT2D eigenvalue weighted by Gasteiger charge is -2.30. The van der Waals surface area contributed by atoms with E-state index in [1.165, 1.54) is 6.26 Å². The highest BCUT2D eigenvalue weighted by Crippen LogP contribution is 2.26. The van der Waals surface area contributed by atoms with Crippen molar-refractivity contribution in [2.24, 2.45) is 0 Å². The van der Waals surface area contributed by atoms with E-state index in [9.17, 15) is 13.2 Å². The molecule has 0 saturated heterocycles. The third kappa shape index (κ3) is 2.85. The first-order chi connectivity index (χ1) is 7.97. The highest BCUT2D eigenvalue weighted by atomic mass is 32.2. The van der Waals surface area contributed by atoms with Gasteiger partial charge in [0, 0.05) is 37.0 Å². The maximum Gasteiger partial charge on any atom is 0.166 e. The number of carbonyl (C=O) groups is 1. The smallest absolute Gasteiger partial charge is 0.166 e. The molecule has 5 heteroatoms. The minimum Gasteiger partial charge on any atom is -0.369 e. The minimum absolute atomic E-state index is 0.121. The molecule has 0 radical (unpaired) electrons. The van der Waals surface area contributed by atoms with Crippen LogP contribution < -0.4 is 4.90 Å². The Kier molecular flexibility index (Phi) is 3.19. The summed E-state index contributed by atoms with van der Waals surface area (Å²) in [5, 5.41) is 0. The number of ketones is 1. The Bertz CT molecular complexity index is 536. The van der Waals surface area contributed by atoms with Gasteiger partial charge < -0.3 is 4.90 Å². The molecule has 17 heavy (non-hydrogen) atoms. The number of sulfone groups is 1. The van der Waals surface area contributed by atoms with E-state index in [4.69, 9.17) is 0 Å². The number of nitrogens with zero attached hydrogens (tertiary/aromatic N) is 1. The molecule has 0 spiro atoms. The molecule has 1 heterocycles. The Morgan fingerprint density at radius 3 is 2.71 bits per heavy atom. The summed E-state index contributed by atoms with van der Waals surface area (Å²) in [5.41, 5.74) is 1.56. The summed E-state index contributed by atoms with van der Waals surface area (Å²) in [6.07, 6.45) is 1.69. The summed E-state index contributed by atoms with van der Waals surface area (Å²) < 4.78 is 22.3. The van der Waals surface area contributed by atoms with E-state index in [0.29, 0.717) is 25.1 Å². The van der Waals surface area contributed by atoms with Gasteiger partial charge in [0.1, 0.15) is 9.84 Å². The van der Waals surface area contributed by atoms with Crippen LogP contribution >= 0.6 is 0 Å². The summed E-state index contributed by atoms with van der Waals surface area (Å²) in [5.74, 6) is 0.256. The molecule has 1 aliphatic heterocycles. The van der Waals surface area contributed by atoms with E-state index in [0.717, 1.165) is 5.69 Å². The second-order valence-corrected chi connectivity index (χ2v) is 6.57. The Morgan fingerprint density at radius 1 is 1.29 bits per heavy atom. The maximum atomic E-state index is 11.7. The molecule has 92 valence electrons. The van der Waals surface area contributed by atoms with Gasteiger partial charge in [-0.2, -0.15) is 0 Å². The zero-order chi connectivity index (χ0) is 12.5. The van der Waals surface area contributed by atoms with Crippen molar-refractivity contribution in [3.05, 3.63) is 29.8 Å². The molecule has 0 fully saturated rings. The van der Waals surface area contributed by atoms with E-state index >= 15 is 0 Å². The average molecular weight is 253 g/mol. The summed E-state index contributed by atoms with van der Waals surface area (Å²) in [4.78, 5) is 13.7. The minimum atomic E-state index is -2.97. The molecule has 0 saturated carbocycles. The third-order valence-electron chi connectivity index (χ3n) is 2.89. The quantitative estimate of drug-likeness (QED) is 0.810. The number of hydrogen-bond acceptors (Lipinski definition) is 4. The summed E-state index contributed by atoms with van der Waals surface area (Å²) in [7, 11) is -2.97. The molecule has 0 bridgehead atoms. The van der Waals surface area contributed by atoms with E-state index in [1.54, 1.807) is 6.07 Å². The van der Waals surface area contributed by atoms with E-state index in [1.807, 2.05) is 23.1 Å². The Labute approximate surface area is 101 Å². The number of benzene rings is 1. The molecule has 0 aromatic heterocycles. The van der Waals surface area contributed by atoms with Crippen molar-refractivity contribution in [3.63, 3.8) is 0 Å². The molecule has 1 aliphatic rings. The van der Waals surface area contributed by atoms with E-state index in [2.05, 4.69) is 0 Å². The van der Waals surface area contributed by atoms with Gasteiger partial charge in [0.05, 0.1) is 5.75 Å². The predicted octanol–water partition coefficient (Wildman–Crippen LogP) is 1.12. The number of fused-ring (bicyclic) bond motifs is 1. The van der Waals surface area contributed by atoms with Crippen LogP contribution in [0.15, 0.2) is 24.3 Å². The SMILES string of the molecule is CS(=O)(=O)CCN1CCC(=O)c2ccccc21. The van der Waals surface area contributed by atoms with E-state index < -0.39 is 9.84 Å². The van der Waals surface area contributed by atoms with Gasteiger partial charge in [0.15, 0.2) is 5.78 Å². The molecular formula is C12H15NO3S. The molecule has 0 aliphatic carbocycles. The van der Waals surface area contributed by atoms with Crippen molar-refractivity contribution < 1.29 is 13.2 Å². The van der Waals surface area contributed by atoms with E-state index in [-0.39, 0.29) is 11.5 Å². The molecule has 0 amide bonds. The van der Waals surface area contributed by atoms with Crippen molar-refractivity contribution >= 4 is 21.3 Å². The van der Waals surface area contributed by atoms with Crippen molar-refractivity contribution in [2.75, 3.05) is 30.0 Å². The third-order valence-corrected chi connectivity index (χ3v) is 3.81. The van der Waals surface area contributed by atoms with Gasteiger partial charge in [0.2, 0.25) is 0 Å². The Morgan fingerprint density at radius 2 is 2.00 bits per heavy atom. The van der Waals surface area contributed by atoms with Crippen LogP contribution in [0.1, 0.15) is 16.8 Å².